The Morgan fingerprint density at radius 1 is 1.17 bits per heavy atom. The molecule has 0 fully saturated rings. The lowest BCUT2D eigenvalue weighted by atomic mass is 10.0. The second-order valence-corrected chi connectivity index (χ2v) is 7.30. The van der Waals surface area contributed by atoms with Crippen LogP contribution < -0.4 is 0 Å². The van der Waals surface area contributed by atoms with Crippen LogP contribution in [0.3, 0.4) is 0 Å². The van der Waals surface area contributed by atoms with E-state index in [1.165, 1.54) is 4.90 Å². The molecule has 29 heavy (non-hydrogen) atoms. The van der Waals surface area contributed by atoms with E-state index in [0.29, 0.717) is 12.0 Å². The molecule has 148 valence electrons. The molecule has 6 heteroatoms. The minimum atomic E-state index is -0.861. The molecule has 4 rings (SSSR count). The molecule has 2 aromatic heterocycles. The van der Waals surface area contributed by atoms with Crippen LogP contribution in [0.4, 0.5) is 0 Å². The zero-order valence-electron chi connectivity index (χ0n) is 16.6. The topological polar surface area (TPSA) is 72.6 Å². The van der Waals surface area contributed by atoms with Gasteiger partial charge < -0.3 is 14.1 Å². The summed E-state index contributed by atoms with van der Waals surface area (Å²) in [5.41, 5.74) is 3.88. The van der Waals surface area contributed by atoms with Crippen LogP contribution >= 0.6 is 0 Å². The first-order valence-corrected chi connectivity index (χ1v) is 9.54. The Morgan fingerprint density at radius 2 is 1.97 bits per heavy atom. The van der Waals surface area contributed by atoms with E-state index in [1.807, 2.05) is 42.5 Å². The fourth-order valence-corrected chi connectivity index (χ4v) is 3.69. The smallest absolute Gasteiger partial charge is 0.339 e. The number of rotatable bonds is 4. The summed E-state index contributed by atoms with van der Waals surface area (Å²) < 4.78 is 11.0. The van der Waals surface area contributed by atoms with Crippen molar-refractivity contribution in [2.24, 2.45) is 0 Å². The van der Waals surface area contributed by atoms with E-state index < -0.39 is 12.1 Å². The maximum Gasteiger partial charge on any atom is 0.339 e. The highest BCUT2D eigenvalue weighted by atomic mass is 16.5. The lowest BCUT2D eigenvalue weighted by molar-refractivity contribution is -0.137. The first kappa shape index (κ1) is 18.9. The van der Waals surface area contributed by atoms with Crippen molar-refractivity contribution >= 4 is 34.4 Å². The Bertz CT molecular complexity index is 1110. The molecule has 1 aliphatic rings. The number of benzene rings is 1. The third-order valence-electron chi connectivity index (χ3n) is 5.08. The molecule has 1 aromatic carbocycles. The quantitative estimate of drug-likeness (QED) is 0.631. The normalized spacial score (nSPS) is 15.3. The van der Waals surface area contributed by atoms with Gasteiger partial charge >= 0.3 is 5.97 Å². The van der Waals surface area contributed by atoms with Crippen LogP contribution in [0.2, 0.25) is 0 Å². The van der Waals surface area contributed by atoms with Gasteiger partial charge in [-0.15, -0.1) is 0 Å². The maximum absolute atomic E-state index is 13.1. The number of fused-ring (bicyclic) bond motifs is 2. The summed E-state index contributed by atoms with van der Waals surface area (Å²) >= 11 is 0. The van der Waals surface area contributed by atoms with E-state index in [-0.39, 0.29) is 5.91 Å². The Hall–Kier alpha value is -3.41. The monoisotopic (exact) mass is 390 g/mol. The minimum absolute atomic E-state index is 0.258. The number of para-hydroxylation sites is 1. The summed E-state index contributed by atoms with van der Waals surface area (Å²) in [5, 5.41) is 0.736. The van der Waals surface area contributed by atoms with E-state index >= 15 is 0 Å². The van der Waals surface area contributed by atoms with Crippen molar-refractivity contribution < 1.29 is 18.7 Å². The highest BCUT2D eigenvalue weighted by molar-refractivity contribution is 6.07. The number of amides is 1. The number of carbonyl (C=O) groups is 2. The number of hydrogen-bond acceptors (Lipinski definition) is 5. The Kier molecular flexibility index (Phi) is 4.92. The van der Waals surface area contributed by atoms with Gasteiger partial charge in [-0.25, -0.2) is 9.78 Å². The number of aromatic nitrogens is 1. The number of likely N-dealkylation sites (N-methyl/N-ethyl adjacent to an activating group) is 1. The number of furan rings is 1. The van der Waals surface area contributed by atoms with Crippen molar-refractivity contribution in [2.45, 2.75) is 25.9 Å². The van der Waals surface area contributed by atoms with Crippen LogP contribution in [0.15, 0.2) is 47.1 Å². The summed E-state index contributed by atoms with van der Waals surface area (Å²) in [7, 11) is 3.27. The van der Waals surface area contributed by atoms with Gasteiger partial charge in [0.15, 0.2) is 6.10 Å². The molecular formula is C23H22N2O4. The van der Waals surface area contributed by atoms with Gasteiger partial charge in [-0.1, -0.05) is 18.2 Å². The largest absolute Gasteiger partial charge is 0.465 e. The molecule has 0 saturated carbocycles. The Labute approximate surface area is 168 Å². The molecule has 0 aliphatic heterocycles. The van der Waals surface area contributed by atoms with Crippen molar-refractivity contribution in [1.29, 1.82) is 0 Å². The lowest BCUT2D eigenvalue weighted by Crippen LogP contribution is -2.35. The first-order chi connectivity index (χ1) is 14.0. The van der Waals surface area contributed by atoms with Crippen LogP contribution in [0.25, 0.3) is 22.6 Å². The van der Waals surface area contributed by atoms with E-state index in [0.717, 1.165) is 39.9 Å². The van der Waals surface area contributed by atoms with Gasteiger partial charge in [-0.2, -0.15) is 0 Å². The second-order valence-electron chi connectivity index (χ2n) is 7.30. The zero-order valence-corrected chi connectivity index (χ0v) is 16.6. The van der Waals surface area contributed by atoms with Crippen LogP contribution in [0.5, 0.6) is 0 Å². The molecule has 2 heterocycles. The van der Waals surface area contributed by atoms with E-state index in [2.05, 4.69) is 0 Å². The van der Waals surface area contributed by atoms with E-state index in [9.17, 15) is 9.59 Å². The maximum atomic E-state index is 13.1. The standard InChI is InChI=1S/C23H22N2O4/c1-14(22(26)25(2)3)29-23(27)20-17-8-4-5-9-19(17)24-21-15(10-11-18(20)21)13-16-7-6-12-28-16/h4-9,12-14H,10-11H2,1-3H3/b15-13+/t14-/m1/s1. The number of pyridine rings is 1. The number of nitrogens with zero attached hydrogens (tertiary/aromatic N) is 2. The third-order valence-corrected chi connectivity index (χ3v) is 5.08. The molecule has 1 atom stereocenters. The highest BCUT2D eigenvalue weighted by Gasteiger charge is 2.29. The number of ether oxygens (including phenoxy) is 1. The SMILES string of the molecule is C[C@@H](OC(=O)c1c2c(nc3ccccc13)/C(=C/c1ccco1)CC2)C(=O)N(C)C. The van der Waals surface area contributed by atoms with Gasteiger partial charge in [0.2, 0.25) is 0 Å². The summed E-state index contributed by atoms with van der Waals surface area (Å²) in [6, 6.07) is 11.2. The average Bonchev–Trinajstić information content (AvgIpc) is 3.36. The predicted molar refractivity (Wildman–Crippen MR) is 110 cm³/mol. The number of allylic oxidation sites excluding steroid dienone is 1. The van der Waals surface area contributed by atoms with Gasteiger partial charge in [-0.05, 0) is 55.2 Å². The lowest BCUT2D eigenvalue weighted by Gasteiger charge is -2.18. The van der Waals surface area contributed by atoms with Crippen molar-refractivity contribution in [3.05, 3.63) is 65.2 Å². The van der Waals surface area contributed by atoms with Crippen LogP contribution in [0, 0.1) is 0 Å². The summed E-state index contributed by atoms with van der Waals surface area (Å²) in [5.74, 6) is -0.00861. The molecule has 0 unspecified atom stereocenters. The van der Waals surface area contributed by atoms with E-state index in [4.69, 9.17) is 14.1 Å². The molecule has 1 amide bonds. The number of hydrogen-bond donors (Lipinski definition) is 0. The van der Waals surface area contributed by atoms with Gasteiger partial charge in [0, 0.05) is 19.5 Å². The molecule has 0 N–H and O–H groups in total. The van der Waals surface area contributed by atoms with Gasteiger partial charge in [-0.3, -0.25) is 4.79 Å². The van der Waals surface area contributed by atoms with Crippen LogP contribution in [-0.4, -0.2) is 42.0 Å². The third kappa shape index (κ3) is 3.53. The molecule has 3 aromatic rings. The second kappa shape index (κ2) is 7.54. The predicted octanol–water partition coefficient (Wildman–Crippen LogP) is 3.95. The summed E-state index contributed by atoms with van der Waals surface area (Å²) in [6.07, 6.45) is 4.16. The fourth-order valence-electron chi connectivity index (χ4n) is 3.69. The molecule has 6 nitrogen and oxygen atoms in total. The van der Waals surface area contributed by atoms with Crippen LogP contribution in [0.1, 0.15) is 40.7 Å². The van der Waals surface area contributed by atoms with Gasteiger partial charge in [0.25, 0.3) is 5.91 Å². The van der Waals surface area contributed by atoms with Crippen molar-refractivity contribution in [1.82, 2.24) is 9.88 Å². The molecular weight excluding hydrogens is 368 g/mol. The average molecular weight is 390 g/mol. The summed E-state index contributed by atoms with van der Waals surface area (Å²) in [4.78, 5) is 31.5. The fraction of sp³-hybridized carbons (Fsp3) is 0.261. The minimum Gasteiger partial charge on any atom is -0.465 e. The highest BCUT2D eigenvalue weighted by Crippen LogP contribution is 2.38. The van der Waals surface area contributed by atoms with Gasteiger partial charge in [0.1, 0.15) is 5.76 Å². The molecule has 0 spiro atoms. The van der Waals surface area contributed by atoms with E-state index in [1.54, 1.807) is 27.3 Å². The van der Waals surface area contributed by atoms with Crippen LogP contribution in [-0.2, 0) is 16.0 Å². The first-order valence-electron chi connectivity index (χ1n) is 9.54. The van der Waals surface area contributed by atoms with Crippen molar-refractivity contribution in [2.75, 3.05) is 14.1 Å². The Balaban J connectivity index is 1.80. The summed E-state index contributed by atoms with van der Waals surface area (Å²) in [6.45, 7) is 1.59. The number of carbonyl (C=O) groups excluding carboxylic acids is 2. The van der Waals surface area contributed by atoms with Crippen molar-refractivity contribution in [3.8, 4) is 0 Å². The molecule has 0 bridgehead atoms. The molecule has 0 radical (unpaired) electrons. The molecule has 1 aliphatic carbocycles. The number of esters is 1. The van der Waals surface area contributed by atoms with Gasteiger partial charge in [0.05, 0.1) is 23.0 Å². The zero-order chi connectivity index (χ0) is 20.5. The molecule has 0 saturated heterocycles. The van der Waals surface area contributed by atoms with Crippen molar-refractivity contribution in [3.63, 3.8) is 0 Å². The Morgan fingerprint density at radius 3 is 2.69 bits per heavy atom.